The summed E-state index contributed by atoms with van der Waals surface area (Å²) in [6, 6.07) is 5.81. The zero-order valence-corrected chi connectivity index (χ0v) is 11.5. The average molecular weight is 270 g/mol. The van der Waals surface area contributed by atoms with Crippen molar-refractivity contribution < 1.29 is 4.79 Å². The predicted octanol–water partition coefficient (Wildman–Crippen LogP) is 2.58. The van der Waals surface area contributed by atoms with Gasteiger partial charge in [0.25, 0.3) is 5.91 Å². The Morgan fingerprint density at radius 2 is 2.35 bits per heavy atom. The molecular formula is C15H18N4O. The number of hydrogen-bond acceptors (Lipinski definition) is 3. The Morgan fingerprint density at radius 3 is 3.20 bits per heavy atom. The van der Waals surface area contributed by atoms with E-state index >= 15 is 0 Å². The molecule has 1 aromatic heterocycles. The second-order valence-corrected chi connectivity index (χ2v) is 4.98. The maximum Gasteiger partial charge on any atom is 0.256 e. The van der Waals surface area contributed by atoms with E-state index in [1.807, 2.05) is 25.1 Å². The molecule has 3 rings (SSSR count). The van der Waals surface area contributed by atoms with Gasteiger partial charge in [0, 0.05) is 23.4 Å². The number of aromatic nitrogens is 2. The van der Waals surface area contributed by atoms with Gasteiger partial charge in [-0.1, -0.05) is 6.92 Å². The van der Waals surface area contributed by atoms with Gasteiger partial charge < -0.3 is 10.6 Å². The van der Waals surface area contributed by atoms with E-state index < -0.39 is 0 Å². The highest BCUT2D eigenvalue weighted by Crippen LogP contribution is 2.23. The third-order valence-corrected chi connectivity index (χ3v) is 3.64. The molecule has 2 heterocycles. The standard InChI is InChI=1S/C15H18N4O/c1-2-10-9-17-19-14(10)18-15(20)12-5-6-13-11(8-12)4-3-7-16-13/h5-6,8-9,16H,2-4,7H2,1H3,(H2,17,18,19,20). The van der Waals surface area contributed by atoms with Crippen molar-refractivity contribution in [3.63, 3.8) is 0 Å². The van der Waals surface area contributed by atoms with E-state index in [1.54, 1.807) is 6.20 Å². The first-order chi connectivity index (χ1) is 9.78. The normalized spacial score (nSPS) is 13.4. The second-order valence-electron chi connectivity index (χ2n) is 4.98. The van der Waals surface area contributed by atoms with Crippen molar-refractivity contribution in [1.82, 2.24) is 10.2 Å². The molecule has 0 spiro atoms. The summed E-state index contributed by atoms with van der Waals surface area (Å²) in [5, 5.41) is 13.0. The number of benzene rings is 1. The lowest BCUT2D eigenvalue weighted by Gasteiger charge is -2.18. The highest BCUT2D eigenvalue weighted by Gasteiger charge is 2.14. The van der Waals surface area contributed by atoms with Crippen LogP contribution in [0.2, 0.25) is 0 Å². The molecular weight excluding hydrogens is 252 g/mol. The molecule has 0 aliphatic carbocycles. The highest BCUT2D eigenvalue weighted by molar-refractivity contribution is 6.04. The van der Waals surface area contributed by atoms with Crippen LogP contribution in [0.5, 0.6) is 0 Å². The number of hydrogen-bond donors (Lipinski definition) is 3. The number of carbonyl (C=O) groups is 1. The zero-order valence-electron chi connectivity index (χ0n) is 11.5. The molecule has 1 aliphatic heterocycles. The van der Waals surface area contributed by atoms with Gasteiger partial charge in [-0.15, -0.1) is 0 Å². The van der Waals surface area contributed by atoms with Crippen LogP contribution < -0.4 is 10.6 Å². The summed E-state index contributed by atoms with van der Waals surface area (Å²) in [5.74, 6) is 0.589. The fourth-order valence-corrected chi connectivity index (χ4v) is 2.49. The van der Waals surface area contributed by atoms with Gasteiger partial charge in [-0.3, -0.25) is 9.89 Å². The lowest BCUT2D eigenvalue weighted by molar-refractivity contribution is 0.102. The number of aryl methyl sites for hydroxylation is 2. The maximum absolute atomic E-state index is 12.3. The van der Waals surface area contributed by atoms with Crippen molar-refractivity contribution in [2.45, 2.75) is 26.2 Å². The van der Waals surface area contributed by atoms with Gasteiger partial charge >= 0.3 is 0 Å². The van der Waals surface area contributed by atoms with Crippen molar-refractivity contribution >= 4 is 17.4 Å². The van der Waals surface area contributed by atoms with Crippen LogP contribution in [0, 0.1) is 0 Å². The van der Waals surface area contributed by atoms with E-state index in [-0.39, 0.29) is 5.91 Å². The number of rotatable bonds is 3. The van der Waals surface area contributed by atoms with Gasteiger partial charge in [0.15, 0.2) is 0 Å². The summed E-state index contributed by atoms with van der Waals surface area (Å²) < 4.78 is 0. The third kappa shape index (κ3) is 2.39. The molecule has 0 radical (unpaired) electrons. The number of fused-ring (bicyclic) bond motifs is 1. The molecule has 0 saturated heterocycles. The summed E-state index contributed by atoms with van der Waals surface area (Å²) in [5.41, 5.74) is 4.05. The molecule has 0 atom stereocenters. The first kappa shape index (κ1) is 12.7. The van der Waals surface area contributed by atoms with Crippen LogP contribution in [-0.4, -0.2) is 22.6 Å². The van der Waals surface area contributed by atoms with Crippen LogP contribution in [0.3, 0.4) is 0 Å². The molecule has 2 aromatic rings. The van der Waals surface area contributed by atoms with Crippen LogP contribution >= 0.6 is 0 Å². The Balaban J connectivity index is 1.80. The minimum atomic E-state index is -0.0997. The molecule has 1 amide bonds. The number of anilines is 2. The highest BCUT2D eigenvalue weighted by atomic mass is 16.1. The number of H-pyrrole nitrogens is 1. The minimum Gasteiger partial charge on any atom is -0.385 e. The summed E-state index contributed by atoms with van der Waals surface area (Å²) in [6.07, 6.45) is 4.71. The van der Waals surface area contributed by atoms with Crippen molar-refractivity contribution in [2.24, 2.45) is 0 Å². The van der Waals surface area contributed by atoms with Crippen LogP contribution in [0.4, 0.5) is 11.5 Å². The van der Waals surface area contributed by atoms with Crippen LogP contribution in [0.25, 0.3) is 0 Å². The van der Waals surface area contributed by atoms with Crippen LogP contribution in [0.15, 0.2) is 24.4 Å². The number of nitrogens with zero attached hydrogens (tertiary/aromatic N) is 1. The fraction of sp³-hybridized carbons (Fsp3) is 0.333. The molecule has 3 N–H and O–H groups in total. The van der Waals surface area contributed by atoms with Gasteiger partial charge in [-0.2, -0.15) is 5.10 Å². The topological polar surface area (TPSA) is 69.8 Å². The Bertz CT molecular complexity index is 633. The van der Waals surface area contributed by atoms with Crippen molar-refractivity contribution in [3.05, 3.63) is 41.1 Å². The molecule has 0 unspecified atom stereocenters. The molecule has 5 nitrogen and oxygen atoms in total. The molecule has 20 heavy (non-hydrogen) atoms. The molecule has 0 fully saturated rings. The van der Waals surface area contributed by atoms with Crippen molar-refractivity contribution in [3.8, 4) is 0 Å². The molecule has 0 bridgehead atoms. The van der Waals surface area contributed by atoms with Crippen LogP contribution in [-0.2, 0) is 12.8 Å². The SMILES string of the molecule is CCc1cn[nH]c1NC(=O)c1ccc2c(c1)CCCN2. The largest absolute Gasteiger partial charge is 0.385 e. The number of amides is 1. The van der Waals surface area contributed by atoms with E-state index in [0.29, 0.717) is 11.4 Å². The van der Waals surface area contributed by atoms with Gasteiger partial charge in [-0.25, -0.2) is 0 Å². The van der Waals surface area contributed by atoms with E-state index in [9.17, 15) is 4.79 Å². The van der Waals surface area contributed by atoms with Crippen LogP contribution in [0.1, 0.15) is 34.8 Å². The van der Waals surface area contributed by atoms with E-state index in [0.717, 1.165) is 37.1 Å². The first-order valence-electron chi connectivity index (χ1n) is 6.98. The van der Waals surface area contributed by atoms with Gasteiger partial charge in [0.2, 0.25) is 0 Å². The number of nitrogens with one attached hydrogen (secondary N) is 3. The summed E-state index contributed by atoms with van der Waals surface area (Å²) in [6.45, 7) is 3.04. The lowest BCUT2D eigenvalue weighted by atomic mass is 10.0. The smallest absolute Gasteiger partial charge is 0.256 e. The van der Waals surface area contributed by atoms with Gasteiger partial charge in [0.1, 0.15) is 5.82 Å². The molecule has 1 aliphatic rings. The van der Waals surface area contributed by atoms with Gasteiger partial charge in [-0.05, 0) is 43.0 Å². The molecule has 1 aromatic carbocycles. The quantitative estimate of drug-likeness (QED) is 0.803. The van der Waals surface area contributed by atoms with E-state index in [2.05, 4.69) is 20.8 Å². The maximum atomic E-state index is 12.3. The molecule has 104 valence electrons. The Labute approximate surface area is 117 Å². The Hall–Kier alpha value is -2.30. The number of carbonyl (C=O) groups excluding carboxylic acids is 1. The first-order valence-corrected chi connectivity index (χ1v) is 6.98. The monoisotopic (exact) mass is 270 g/mol. The summed E-state index contributed by atoms with van der Waals surface area (Å²) >= 11 is 0. The Morgan fingerprint density at radius 1 is 1.45 bits per heavy atom. The second kappa shape index (κ2) is 5.36. The van der Waals surface area contributed by atoms with E-state index in [1.165, 1.54) is 5.56 Å². The number of aromatic amines is 1. The molecule has 0 saturated carbocycles. The fourth-order valence-electron chi connectivity index (χ4n) is 2.49. The lowest BCUT2D eigenvalue weighted by Crippen LogP contribution is -2.16. The summed E-state index contributed by atoms with van der Waals surface area (Å²) in [4.78, 5) is 12.3. The minimum absolute atomic E-state index is 0.0997. The summed E-state index contributed by atoms with van der Waals surface area (Å²) in [7, 11) is 0. The van der Waals surface area contributed by atoms with Crippen molar-refractivity contribution in [2.75, 3.05) is 17.2 Å². The van der Waals surface area contributed by atoms with E-state index in [4.69, 9.17) is 0 Å². The average Bonchev–Trinajstić information content (AvgIpc) is 2.94. The predicted molar refractivity (Wildman–Crippen MR) is 79.2 cm³/mol. The zero-order chi connectivity index (χ0) is 13.9. The van der Waals surface area contributed by atoms with Gasteiger partial charge in [0.05, 0.1) is 6.20 Å². The third-order valence-electron chi connectivity index (χ3n) is 3.64. The van der Waals surface area contributed by atoms with Crippen molar-refractivity contribution in [1.29, 1.82) is 0 Å². The molecule has 5 heteroatoms. The Kier molecular flexibility index (Phi) is 3.41.